The van der Waals surface area contributed by atoms with E-state index in [-0.39, 0.29) is 47.9 Å². The predicted molar refractivity (Wildman–Crippen MR) is 187 cm³/mol. The lowest BCUT2D eigenvalue weighted by atomic mass is 9.76. The minimum Gasteiger partial charge on any atom is -0.446 e. The van der Waals surface area contributed by atoms with Gasteiger partial charge in [0.05, 0.1) is 11.5 Å². The normalized spacial score (nSPS) is 17.9. The molecule has 2 aliphatic rings. The molecule has 1 heterocycles. The number of nitrogens with zero attached hydrogens (tertiary/aromatic N) is 3. The molecule has 0 radical (unpaired) electrons. The Kier molecular flexibility index (Phi) is 12.8. The van der Waals surface area contributed by atoms with Gasteiger partial charge in [0, 0.05) is 53.2 Å². The van der Waals surface area contributed by atoms with Gasteiger partial charge in [0.2, 0.25) is 15.9 Å². The number of carbonyl (C=O) groups is 2. The van der Waals surface area contributed by atoms with Crippen molar-refractivity contribution in [2.75, 3.05) is 25.1 Å². The number of carbonyl (C=O) groups excluding carboxylic acids is 2. The Bertz CT molecular complexity index is 1850. The Labute approximate surface area is 300 Å². The fourth-order valence-electron chi connectivity index (χ4n) is 6.95. The zero-order valence-electron chi connectivity index (χ0n) is 28.4. The number of amides is 2. The highest BCUT2D eigenvalue weighted by molar-refractivity contribution is 7.89. The number of primary amides is 1. The highest BCUT2D eigenvalue weighted by atomic mass is 32.2. The number of ether oxygens (including phenoxy) is 2. The Morgan fingerprint density at radius 1 is 1.06 bits per heavy atom. The van der Waals surface area contributed by atoms with Crippen LogP contribution in [-0.4, -0.2) is 63.5 Å². The van der Waals surface area contributed by atoms with Gasteiger partial charge in [0.1, 0.15) is 23.8 Å². The summed E-state index contributed by atoms with van der Waals surface area (Å²) in [7, 11) is -4.10. The van der Waals surface area contributed by atoms with Crippen LogP contribution in [0, 0.1) is 23.0 Å². The van der Waals surface area contributed by atoms with E-state index >= 15 is 4.39 Å². The standard InChI is InChI=1S/C36H42F2N6O7S/c37-25-11-9-23(10-12-25)32(24-15-19-50-20-16-24)33(42-44-40)34(46)41-30-8-4-7-29(38)28(30)14-13-26(43-52(48,49)27-5-2-1-3-6-27)21-31(51-35(39)47)36(22-45)17-18-36/h1-12,24,26,31-33,43,45H,13-22H2,(H2,39,47)(H,41,46)/t26-,31?,32+,33+/m1/s1. The summed E-state index contributed by atoms with van der Waals surface area (Å²) in [6.07, 6.45) is -0.00523. The van der Waals surface area contributed by atoms with E-state index < -0.39 is 63.2 Å². The van der Waals surface area contributed by atoms with Gasteiger partial charge in [-0.1, -0.05) is 41.5 Å². The molecule has 1 aliphatic heterocycles. The van der Waals surface area contributed by atoms with Gasteiger partial charge in [-0.15, -0.1) is 0 Å². The van der Waals surface area contributed by atoms with Crippen LogP contribution in [0.15, 0.2) is 82.8 Å². The third kappa shape index (κ3) is 9.63. The molecule has 1 saturated carbocycles. The molecule has 278 valence electrons. The van der Waals surface area contributed by atoms with Crippen LogP contribution in [0.1, 0.15) is 55.6 Å². The molecule has 13 nitrogen and oxygen atoms in total. The van der Waals surface area contributed by atoms with Crippen LogP contribution in [0.5, 0.6) is 0 Å². The van der Waals surface area contributed by atoms with Crippen LogP contribution in [0.3, 0.4) is 0 Å². The van der Waals surface area contributed by atoms with Crippen LogP contribution in [0.2, 0.25) is 0 Å². The molecule has 3 aromatic rings. The number of aliphatic hydroxyl groups is 1. The van der Waals surface area contributed by atoms with E-state index in [1.807, 2.05) is 0 Å². The second-order valence-electron chi connectivity index (χ2n) is 13.3. The quantitative estimate of drug-likeness (QED) is 0.0771. The number of benzene rings is 3. The van der Waals surface area contributed by atoms with Crippen LogP contribution < -0.4 is 15.8 Å². The van der Waals surface area contributed by atoms with Crippen molar-refractivity contribution < 1.29 is 41.4 Å². The first-order chi connectivity index (χ1) is 25.0. The molecule has 0 bridgehead atoms. The van der Waals surface area contributed by atoms with E-state index in [1.54, 1.807) is 30.3 Å². The summed E-state index contributed by atoms with van der Waals surface area (Å²) in [5.74, 6) is -2.64. The summed E-state index contributed by atoms with van der Waals surface area (Å²) in [6, 6.07) is 15.1. The highest BCUT2D eigenvalue weighted by Crippen LogP contribution is 2.51. The number of halogens is 2. The average molecular weight is 741 g/mol. The zero-order valence-corrected chi connectivity index (χ0v) is 29.2. The topological polar surface area (TPSA) is 206 Å². The third-order valence-corrected chi connectivity index (χ3v) is 11.5. The van der Waals surface area contributed by atoms with Gasteiger partial charge < -0.3 is 25.6 Å². The van der Waals surface area contributed by atoms with Crippen LogP contribution in [0.25, 0.3) is 10.4 Å². The number of azide groups is 1. The van der Waals surface area contributed by atoms with Gasteiger partial charge in [0.15, 0.2) is 0 Å². The van der Waals surface area contributed by atoms with Crippen molar-refractivity contribution in [1.82, 2.24) is 4.72 Å². The molecule has 1 saturated heterocycles. The third-order valence-electron chi connectivity index (χ3n) is 9.96. The maximum Gasteiger partial charge on any atom is 0.404 e. The molecule has 2 amide bonds. The van der Waals surface area contributed by atoms with Crippen molar-refractivity contribution in [2.45, 2.75) is 73.9 Å². The Balaban J connectivity index is 1.42. The van der Waals surface area contributed by atoms with E-state index in [2.05, 4.69) is 20.1 Å². The summed E-state index contributed by atoms with van der Waals surface area (Å²) in [5.41, 5.74) is 14.8. The van der Waals surface area contributed by atoms with E-state index in [0.717, 1.165) is 0 Å². The number of rotatable bonds is 17. The smallest absolute Gasteiger partial charge is 0.404 e. The zero-order chi connectivity index (χ0) is 37.3. The number of anilines is 1. The fourth-order valence-corrected chi connectivity index (χ4v) is 8.25. The van der Waals surface area contributed by atoms with Gasteiger partial charge in [-0.2, -0.15) is 0 Å². The molecule has 2 fully saturated rings. The minimum atomic E-state index is -4.10. The van der Waals surface area contributed by atoms with Gasteiger partial charge >= 0.3 is 6.09 Å². The Morgan fingerprint density at radius 3 is 2.37 bits per heavy atom. The SMILES string of the molecule is [N-]=[N+]=N[C@H](C(=O)Nc1cccc(F)c1CC[C@H](CC(OC(N)=O)C1(CO)CC1)NS(=O)(=O)c1ccccc1)[C@@H](c1ccc(F)cc1)C1CCOCC1. The molecule has 5 rings (SSSR count). The van der Waals surface area contributed by atoms with Crippen molar-refractivity contribution >= 4 is 27.7 Å². The Morgan fingerprint density at radius 2 is 1.75 bits per heavy atom. The van der Waals surface area contributed by atoms with Gasteiger partial charge in [-0.05, 0) is 91.9 Å². The van der Waals surface area contributed by atoms with E-state index in [0.29, 0.717) is 44.5 Å². The number of nitrogens with one attached hydrogen (secondary N) is 2. The lowest BCUT2D eigenvalue weighted by Crippen LogP contribution is -2.42. The summed E-state index contributed by atoms with van der Waals surface area (Å²) >= 11 is 0. The molecule has 4 atom stereocenters. The number of aliphatic hydroxyl groups excluding tert-OH is 1. The van der Waals surface area contributed by atoms with Crippen molar-refractivity contribution in [3.63, 3.8) is 0 Å². The first-order valence-electron chi connectivity index (χ1n) is 17.1. The number of nitrogens with two attached hydrogens (primary N) is 1. The van der Waals surface area contributed by atoms with Crippen molar-refractivity contribution in [3.8, 4) is 0 Å². The second kappa shape index (κ2) is 17.3. The van der Waals surface area contributed by atoms with Gasteiger partial charge in [0.25, 0.3) is 0 Å². The summed E-state index contributed by atoms with van der Waals surface area (Å²) in [4.78, 5) is 28.8. The average Bonchev–Trinajstić information content (AvgIpc) is 3.93. The first-order valence-corrected chi connectivity index (χ1v) is 18.5. The van der Waals surface area contributed by atoms with Gasteiger partial charge in [-0.25, -0.2) is 26.7 Å². The summed E-state index contributed by atoms with van der Waals surface area (Å²) < 4.78 is 69.9. The van der Waals surface area contributed by atoms with E-state index in [4.69, 9.17) is 15.2 Å². The monoisotopic (exact) mass is 740 g/mol. The first kappa shape index (κ1) is 38.6. The molecule has 1 aliphatic carbocycles. The minimum absolute atomic E-state index is 0.0150. The molecule has 0 spiro atoms. The molecular weight excluding hydrogens is 698 g/mol. The number of hydrogen-bond acceptors (Lipinski definition) is 8. The molecule has 0 aromatic heterocycles. The molecule has 16 heteroatoms. The van der Waals surface area contributed by atoms with Crippen LogP contribution in [0.4, 0.5) is 19.3 Å². The fraction of sp³-hybridized carbons (Fsp3) is 0.444. The Hall–Kier alpha value is -4.60. The number of hydrogen-bond donors (Lipinski definition) is 4. The lowest BCUT2D eigenvalue weighted by Gasteiger charge is -2.34. The maximum absolute atomic E-state index is 15.6. The number of sulfonamides is 1. The summed E-state index contributed by atoms with van der Waals surface area (Å²) in [5, 5.41) is 16.7. The van der Waals surface area contributed by atoms with Crippen LogP contribution in [-0.2, 0) is 30.7 Å². The van der Waals surface area contributed by atoms with Crippen molar-refractivity contribution in [1.29, 1.82) is 0 Å². The van der Waals surface area contributed by atoms with Gasteiger partial charge in [-0.3, -0.25) is 4.79 Å². The molecule has 1 unspecified atom stereocenters. The molecule has 3 aromatic carbocycles. The maximum atomic E-state index is 15.6. The van der Waals surface area contributed by atoms with E-state index in [1.165, 1.54) is 42.5 Å². The van der Waals surface area contributed by atoms with E-state index in [9.17, 15) is 33.0 Å². The summed E-state index contributed by atoms with van der Waals surface area (Å²) in [6.45, 7) is 0.549. The largest absolute Gasteiger partial charge is 0.446 e. The van der Waals surface area contributed by atoms with Crippen LogP contribution >= 0.6 is 0 Å². The molecule has 52 heavy (non-hydrogen) atoms. The highest BCUT2D eigenvalue weighted by Gasteiger charge is 2.51. The predicted octanol–water partition coefficient (Wildman–Crippen LogP) is 5.70. The van der Waals surface area contributed by atoms with Crippen molar-refractivity contribution in [2.24, 2.45) is 22.2 Å². The second-order valence-corrected chi connectivity index (χ2v) is 15.0. The lowest BCUT2D eigenvalue weighted by molar-refractivity contribution is -0.118. The molecule has 5 N–H and O–H groups in total. The van der Waals surface area contributed by atoms with Crippen molar-refractivity contribution in [3.05, 3.63) is 106 Å². The molecular formula is C36H42F2N6O7S.